The predicted octanol–water partition coefficient (Wildman–Crippen LogP) is 4.97. The predicted molar refractivity (Wildman–Crippen MR) is 113 cm³/mol. The maximum absolute atomic E-state index is 13.1. The Morgan fingerprint density at radius 2 is 1.72 bits per heavy atom. The summed E-state index contributed by atoms with van der Waals surface area (Å²) in [7, 11) is 0. The van der Waals surface area contributed by atoms with Gasteiger partial charge in [-0.25, -0.2) is 0 Å². The summed E-state index contributed by atoms with van der Waals surface area (Å²) in [4.78, 5) is 24.2. The van der Waals surface area contributed by atoms with Gasteiger partial charge in [-0.3, -0.25) is 9.59 Å². The monoisotopic (exact) mass is 389 g/mol. The van der Waals surface area contributed by atoms with E-state index in [0.29, 0.717) is 34.9 Å². The highest BCUT2D eigenvalue weighted by Crippen LogP contribution is 2.33. The van der Waals surface area contributed by atoms with Crippen molar-refractivity contribution in [1.82, 2.24) is 0 Å². The first-order chi connectivity index (χ1) is 14.1. The van der Waals surface area contributed by atoms with Crippen LogP contribution in [0, 0.1) is 6.92 Å². The van der Waals surface area contributed by atoms with E-state index in [2.05, 4.69) is 5.32 Å². The number of carbonyl (C=O) groups excluding carboxylic acids is 2. The van der Waals surface area contributed by atoms with Gasteiger partial charge in [-0.2, -0.15) is 0 Å². The zero-order valence-corrected chi connectivity index (χ0v) is 16.4. The lowest BCUT2D eigenvalue weighted by atomic mass is 10.1. The largest absolute Gasteiger partial charge is 0.490 e. The normalized spacial score (nSPS) is 11.4. The molecule has 0 unspecified atom stereocenters. The Labute approximate surface area is 170 Å². The van der Waals surface area contributed by atoms with Gasteiger partial charge in [0.1, 0.15) is 6.29 Å². The minimum atomic E-state index is -0.890. The first-order valence-corrected chi connectivity index (χ1v) is 9.42. The molecule has 5 nitrogen and oxygen atoms in total. The molecular weight excluding hydrogens is 366 g/mol. The summed E-state index contributed by atoms with van der Waals surface area (Å²) in [5, 5.41) is 2.90. The van der Waals surface area contributed by atoms with Crippen LogP contribution in [0.1, 0.15) is 34.5 Å². The number of aryl methyl sites for hydroxylation is 1. The second-order valence-electron chi connectivity index (χ2n) is 6.52. The average molecular weight is 389 g/mol. The molecule has 0 aliphatic heterocycles. The Hall–Kier alpha value is -3.60. The van der Waals surface area contributed by atoms with E-state index in [0.717, 1.165) is 11.8 Å². The fourth-order valence-corrected chi connectivity index (χ4v) is 2.84. The maximum atomic E-state index is 13.1. The quantitative estimate of drug-likeness (QED) is 0.553. The van der Waals surface area contributed by atoms with Crippen LogP contribution in [-0.2, 0) is 4.79 Å². The minimum absolute atomic E-state index is 0.304. The van der Waals surface area contributed by atoms with Gasteiger partial charge >= 0.3 is 0 Å². The number of carbonyl (C=O) groups is 2. The summed E-state index contributed by atoms with van der Waals surface area (Å²) in [6.45, 7) is 4.24. The summed E-state index contributed by atoms with van der Waals surface area (Å²) in [5.74, 6) is 0.508. The highest BCUT2D eigenvalue weighted by atomic mass is 16.5. The first kappa shape index (κ1) is 20.1. The molecule has 0 radical (unpaired) electrons. The van der Waals surface area contributed by atoms with E-state index < -0.39 is 6.10 Å². The first-order valence-electron chi connectivity index (χ1n) is 9.42. The number of nitrogens with one attached hydrogen (secondary N) is 1. The highest BCUT2D eigenvalue weighted by Gasteiger charge is 2.24. The fraction of sp³-hybridized carbons (Fsp3) is 0.167. The summed E-state index contributed by atoms with van der Waals surface area (Å²) < 4.78 is 11.7. The molecule has 0 fully saturated rings. The standard InChI is InChI=1S/C24H23NO4/c1-3-28-22-15-18(16-26)11-14-21(22)29-23(19-7-5-4-6-8-19)24(27)25-20-12-9-17(2)10-13-20/h4-16,23H,3H2,1-2H3,(H,25,27)/t23-/m0/s1. The molecule has 0 aromatic heterocycles. The van der Waals surface area contributed by atoms with Crippen molar-refractivity contribution in [3.8, 4) is 11.5 Å². The van der Waals surface area contributed by atoms with E-state index >= 15 is 0 Å². The van der Waals surface area contributed by atoms with Crippen LogP contribution in [0.15, 0.2) is 72.8 Å². The van der Waals surface area contributed by atoms with Crippen LogP contribution in [0.3, 0.4) is 0 Å². The van der Waals surface area contributed by atoms with Crippen molar-refractivity contribution >= 4 is 17.9 Å². The van der Waals surface area contributed by atoms with Crippen LogP contribution in [-0.4, -0.2) is 18.8 Å². The topological polar surface area (TPSA) is 64.6 Å². The van der Waals surface area contributed by atoms with Crippen LogP contribution < -0.4 is 14.8 Å². The lowest BCUT2D eigenvalue weighted by Crippen LogP contribution is -2.26. The van der Waals surface area contributed by atoms with Gasteiger partial charge in [0, 0.05) is 16.8 Å². The van der Waals surface area contributed by atoms with Crippen molar-refractivity contribution < 1.29 is 19.1 Å². The fourth-order valence-electron chi connectivity index (χ4n) is 2.84. The lowest BCUT2D eigenvalue weighted by Gasteiger charge is -2.21. The number of hydrogen-bond donors (Lipinski definition) is 1. The van der Waals surface area contributed by atoms with Gasteiger partial charge in [0.2, 0.25) is 6.10 Å². The van der Waals surface area contributed by atoms with Gasteiger partial charge in [-0.05, 0) is 44.2 Å². The Morgan fingerprint density at radius 1 is 1.00 bits per heavy atom. The number of rotatable bonds is 8. The number of amides is 1. The molecule has 0 bridgehead atoms. The lowest BCUT2D eigenvalue weighted by molar-refractivity contribution is -0.123. The summed E-state index contributed by atoms with van der Waals surface area (Å²) in [6, 6.07) is 21.7. The molecule has 1 atom stereocenters. The van der Waals surface area contributed by atoms with Crippen molar-refractivity contribution in [3.63, 3.8) is 0 Å². The van der Waals surface area contributed by atoms with E-state index in [1.165, 1.54) is 0 Å². The molecule has 5 heteroatoms. The van der Waals surface area contributed by atoms with Crippen LogP contribution in [0.25, 0.3) is 0 Å². The van der Waals surface area contributed by atoms with Crippen LogP contribution >= 0.6 is 0 Å². The molecule has 3 aromatic carbocycles. The van der Waals surface area contributed by atoms with Crippen LogP contribution in [0.2, 0.25) is 0 Å². The molecule has 0 heterocycles. The molecule has 148 valence electrons. The van der Waals surface area contributed by atoms with Gasteiger partial charge < -0.3 is 14.8 Å². The Bertz CT molecular complexity index is 968. The molecule has 3 rings (SSSR count). The third kappa shape index (κ3) is 5.23. The van der Waals surface area contributed by atoms with Gasteiger partial charge in [-0.15, -0.1) is 0 Å². The molecule has 0 saturated heterocycles. The molecule has 0 aliphatic rings. The SMILES string of the molecule is CCOc1cc(C=O)ccc1O[C@H](C(=O)Nc1ccc(C)cc1)c1ccccc1. The van der Waals surface area contributed by atoms with Crippen LogP contribution in [0.4, 0.5) is 5.69 Å². The molecule has 0 aliphatic carbocycles. The van der Waals surface area contributed by atoms with Crippen molar-refractivity contribution in [1.29, 1.82) is 0 Å². The number of aldehydes is 1. The molecule has 29 heavy (non-hydrogen) atoms. The van der Waals surface area contributed by atoms with E-state index in [1.807, 2.05) is 68.4 Å². The second-order valence-corrected chi connectivity index (χ2v) is 6.52. The highest BCUT2D eigenvalue weighted by molar-refractivity contribution is 5.95. The van der Waals surface area contributed by atoms with Crippen molar-refractivity contribution in [2.75, 3.05) is 11.9 Å². The van der Waals surface area contributed by atoms with Gasteiger partial charge in [0.15, 0.2) is 11.5 Å². The Balaban J connectivity index is 1.91. The number of ether oxygens (including phenoxy) is 2. The van der Waals surface area contributed by atoms with Gasteiger partial charge in [-0.1, -0.05) is 48.0 Å². The zero-order valence-electron chi connectivity index (χ0n) is 16.4. The third-order valence-corrected chi connectivity index (χ3v) is 4.31. The number of benzene rings is 3. The van der Waals surface area contributed by atoms with E-state index in [4.69, 9.17) is 9.47 Å². The summed E-state index contributed by atoms with van der Waals surface area (Å²) in [5.41, 5.74) is 2.97. The third-order valence-electron chi connectivity index (χ3n) is 4.31. The number of anilines is 1. The van der Waals surface area contributed by atoms with Gasteiger partial charge in [0.25, 0.3) is 5.91 Å². The second kappa shape index (κ2) is 9.55. The van der Waals surface area contributed by atoms with E-state index in [1.54, 1.807) is 18.2 Å². The Morgan fingerprint density at radius 3 is 2.38 bits per heavy atom. The van der Waals surface area contributed by atoms with Gasteiger partial charge in [0.05, 0.1) is 6.61 Å². The number of hydrogen-bond acceptors (Lipinski definition) is 4. The summed E-state index contributed by atoms with van der Waals surface area (Å²) in [6.07, 6.45) is -0.149. The van der Waals surface area contributed by atoms with E-state index in [-0.39, 0.29) is 5.91 Å². The van der Waals surface area contributed by atoms with E-state index in [9.17, 15) is 9.59 Å². The maximum Gasteiger partial charge on any atom is 0.270 e. The Kier molecular flexibility index (Phi) is 6.63. The molecule has 1 N–H and O–H groups in total. The minimum Gasteiger partial charge on any atom is -0.490 e. The molecule has 1 amide bonds. The summed E-state index contributed by atoms with van der Waals surface area (Å²) >= 11 is 0. The zero-order chi connectivity index (χ0) is 20.6. The molecule has 3 aromatic rings. The van der Waals surface area contributed by atoms with Crippen LogP contribution in [0.5, 0.6) is 11.5 Å². The molecule has 0 spiro atoms. The van der Waals surface area contributed by atoms with Crippen molar-refractivity contribution in [2.24, 2.45) is 0 Å². The molecule has 0 saturated carbocycles. The average Bonchev–Trinajstić information content (AvgIpc) is 2.75. The van der Waals surface area contributed by atoms with Crippen molar-refractivity contribution in [3.05, 3.63) is 89.5 Å². The van der Waals surface area contributed by atoms with Crippen molar-refractivity contribution in [2.45, 2.75) is 20.0 Å². The molecular formula is C24H23NO4. The smallest absolute Gasteiger partial charge is 0.270 e.